The van der Waals surface area contributed by atoms with Crippen molar-refractivity contribution in [3.05, 3.63) is 12.7 Å². The van der Waals surface area contributed by atoms with Gasteiger partial charge in [0.15, 0.2) is 0 Å². The third kappa shape index (κ3) is 7.04. The number of amides is 2. The second-order valence-corrected chi connectivity index (χ2v) is 5.55. The van der Waals surface area contributed by atoms with E-state index in [-0.39, 0.29) is 17.9 Å². The first-order valence-electron chi connectivity index (χ1n) is 8.14. The predicted molar refractivity (Wildman–Crippen MR) is 86.3 cm³/mol. The number of ether oxygens (including phenoxy) is 1. The molecule has 0 aromatic heterocycles. The van der Waals surface area contributed by atoms with Gasteiger partial charge in [-0.25, -0.2) is 0 Å². The molecule has 0 aromatic rings. The number of rotatable bonds is 10. The number of nitrogens with two attached hydrogens (primary N) is 1. The van der Waals surface area contributed by atoms with Gasteiger partial charge in [0.05, 0.1) is 6.61 Å². The van der Waals surface area contributed by atoms with E-state index in [9.17, 15) is 9.59 Å². The maximum Gasteiger partial charge on any atom is 0.222 e. The zero-order chi connectivity index (χ0) is 16.2. The van der Waals surface area contributed by atoms with Gasteiger partial charge in [-0.3, -0.25) is 9.59 Å². The van der Waals surface area contributed by atoms with Gasteiger partial charge in [0.25, 0.3) is 0 Å². The molecule has 1 fully saturated rings. The standard InChI is InChI=1S/C16H29N3O3/c1-2-11-22-12-5-7-16(21)19-10-4-3-6-14(19)13-18-15(20)8-9-17/h2,14H,1,3-13,17H2,(H,18,20). The number of carbonyl (C=O) groups is 2. The van der Waals surface area contributed by atoms with Gasteiger partial charge in [-0.1, -0.05) is 6.08 Å². The molecule has 3 N–H and O–H groups in total. The van der Waals surface area contributed by atoms with Crippen molar-refractivity contribution in [2.24, 2.45) is 5.73 Å². The third-order valence-electron chi connectivity index (χ3n) is 3.77. The molecular formula is C16H29N3O3. The first kappa shape index (κ1) is 18.6. The summed E-state index contributed by atoms with van der Waals surface area (Å²) < 4.78 is 5.30. The summed E-state index contributed by atoms with van der Waals surface area (Å²) in [5, 5.41) is 2.87. The van der Waals surface area contributed by atoms with E-state index in [0.717, 1.165) is 32.2 Å². The first-order valence-corrected chi connectivity index (χ1v) is 8.14. The van der Waals surface area contributed by atoms with Crippen molar-refractivity contribution in [3.8, 4) is 0 Å². The van der Waals surface area contributed by atoms with Gasteiger partial charge in [0, 0.05) is 45.1 Å². The van der Waals surface area contributed by atoms with Gasteiger partial charge in [-0.2, -0.15) is 0 Å². The van der Waals surface area contributed by atoms with E-state index >= 15 is 0 Å². The fraction of sp³-hybridized carbons (Fsp3) is 0.750. The lowest BCUT2D eigenvalue weighted by Crippen LogP contribution is -2.49. The van der Waals surface area contributed by atoms with E-state index < -0.39 is 0 Å². The van der Waals surface area contributed by atoms with Crippen molar-refractivity contribution in [1.29, 1.82) is 0 Å². The number of hydrogen-bond acceptors (Lipinski definition) is 4. The number of carbonyl (C=O) groups excluding carboxylic acids is 2. The summed E-state index contributed by atoms with van der Waals surface area (Å²) in [4.78, 5) is 25.8. The summed E-state index contributed by atoms with van der Waals surface area (Å²) in [6.07, 6.45) is 6.32. The van der Waals surface area contributed by atoms with Gasteiger partial charge >= 0.3 is 0 Å². The molecule has 2 amide bonds. The highest BCUT2D eigenvalue weighted by Gasteiger charge is 2.26. The molecule has 1 rings (SSSR count). The van der Waals surface area contributed by atoms with Crippen molar-refractivity contribution in [3.63, 3.8) is 0 Å². The molecule has 6 heteroatoms. The lowest BCUT2D eigenvalue weighted by atomic mass is 10.0. The maximum atomic E-state index is 12.3. The van der Waals surface area contributed by atoms with Gasteiger partial charge in [0.2, 0.25) is 11.8 Å². The van der Waals surface area contributed by atoms with Crippen LogP contribution in [0.25, 0.3) is 0 Å². The molecule has 0 saturated carbocycles. The van der Waals surface area contributed by atoms with Crippen molar-refractivity contribution >= 4 is 11.8 Å². The maximum absolute atomic E-state index is 12.3. The van der Waals surface area contributed by atoms with Crippen molar-refractivity contribution in [1.82, 2.24) is 10.2 Å². The van der Waals surface area contributed by atoms with Crippen LogP contribution in [0.2, 0.25) is 0 Å². The van der Waals surface area contributed by atoms with Crippen LogP contribution >= 0.6 is 0 Å². The molecule has 126 valence electrons. The van der Waals surface area contributed by atoms with E-state index in [2.05, 4.69) is 11.9 Å². The minimum absolute atomic E-state index is 0.0432. The Morgan fingerprint density at radius 2 is 2.18 bits per heavy atom. The summed E-state index contributed by atoms with van der Waals surface area (Å²) in [6.45, 7) is 6.33. The molecule has 1 saturated heterocycles. The van der Waals surface area contributed by atoms with E-state index in [0.29, 0.717) is 39.1 Å². The van der Waals surface area contributed by atoms with Gasteiger partial charge in [0.1, 0.15) is 0 Å². The Morgan fingerprint density at radius 1 is 1.36 bits per heavy atom. The number of piperidine rings is 1. The lowest BCUT2D eigenvalue weighted by molar-refractivity contribution is -0.135. The number of nitrogens with zero attached hydrogens (tertiary/aromatic N) is 1. The number of hydrogen-bond donors (Lipinski definition) is 2. The van der Waals surface area contributed by atoms with Crippen LogP contribution in [0.3, 0.4) is 0 Å². The summed E-state index contributed by atoms with van der Waals surface area (Å²) in [7, 11) is 0. The van der Waals surface area contributed by atoms with E-state index in [1.54, 1.807) is 6.08 Å². The third-order valence-corrected chi connectivity index (χ3v) is 3.77. The Bertz CT molecular complexity index is 361. The van der Waals surface area contributed by atoms with Gasteiger partial charge < -0.3 is 20.7 Å². The highest BCUT2D eigenvalue weighted by atomic mass is 16.5. The molecule has 1 unspecified atom stereocenters. The van der Waals surface area contributed by atoms with E-state index in [1.165, 1.54) is 0 Å². The van der Waals surface area contributed by atoms with Crippen LogP contribution in [-0.2, 0) is 14.3 Å². The fourth-order valence-electron chi connectivity index (χ4n) is 2.63. The van der Waals surface area contributed by atoms with Gasteiger partial charge in [-0.05, 0) is 25.7 Å². The highest BCUT2D eigenvalue weighted by molar-refractivity contribution is 5.77. The fourth-order valence-corrected chi connectivity index (χ4v) is 2.63. The minimum Gasteiger partial charge on any atom is -0.377 e. The van der Waals surface area contributed by atoms with Crippen LogP contribution in [0.5, 0.6) is 0 Å². The zero-order valence-corrected chi connectivity index (χ0v) is 13.4. The quantitative estimate of drug-likeness (QED) is 0.462. The number of likely N-dealkylation sites (tertiary alicyclic amines) is 1. The molecule has 1 aliphatic rings. The van der Waals surface area contributed by atoms with Crippen LogP contribution in [0.4, 0.5) is 0 Å². The largest absolute Gasteiger partial charge is 0.377 e. The molecular weight excluding hydrogens is 282 g/mol. The Balaban J connectivity index is 2.34. The van der Waals surface area contributed by atoms with Crippen molar-refractivity contribution in [2.45, 2.75) is 44.6 Å². The Kier molecular flexibility index (Phi) is 9.50. The summed E-state index contributed by atoms with van der Waals surface area (Å²) >= 11 is 0. The molecule has 0 spiro atoms. The summed E-state index contributed by atoms with van der Waals surface area (Å²) in [5.41, 5.74) is 5.36. The smallest absolute Gasteiger partial charge is 0.222 e. The normalized spacial score (nSPS) is 18.0. The molecule has 0 aromatic carbocycles. The van der Waals surface area contributed by atoms with E-state index in [1.807, 2.05) is 4.90 Å². The molecule has 22 heavy (non-hydrogen) atoms. The van der Waals surface area contributed by atoms with Crippen LogP contribution in [0, 0.1) is 0 Å². The van der Waals surface area contributed by atoms with Crippen LogP contribution in [-0.4, -0.2) is 55.6 Å². The second kappa shape index (κ2) is 11.2. The highest BCUT2D eigenvalue weighted by Crippen LogP contribution is 2.18. The van der Waals surface area contributed by atoms with Crippen molar-refractivity contribution < 1.29 is 14.3 Å². The zero-order valence-electron chi connectivity index (χ0n) is 13.4. The Labute approximate surface area is 133 Å². The minimum atomic E-state index is -0.0432. The molecule has 0 radical (unpaired) electrons. The SMILES string of the molecule is C=CCOCCCC(=O)N1CCCCC1CNC(=O)CCN. The Morgan fingerprint density at radius 3 is 2.91 bits per heavy atom. The summed E-state index contributed by atoms with van der Waals surface area (Å²) in [5.74, 6) is 0.110. The predicted octanol–water partition coefficient (Wildman–Crippen LogP) is 0.815. The topological polar surface area (TPSA) is 84.7 Å². The molecule has 1 heterocycles. The lowest BCUT2D eigenvalue weighted by Gasteiger charge is -2.36. The average Bonchev–Trinajstić information content (AvgIpc) is 2.53. The molecule has 0 bridgehead atoms. The molecule has 0 aliphatic carbocycles. The average molecular weight is 311 g/mol. The van der Waals surface area contributed by atoms with E-state index in [4.69, 9.17) is 10.5 Å². The van der Waals surface area contributed by atoms with Gasteiger partial charge in [-0.15, -0.1) is 6.58 Å². The first-order chi connectivity index (χ1) is 10.7. The molecule has 6 nitrogen and oxygen atoms in total. The van der Waals surface area contributed by atoms with Crippen molar-refractivity contribution in [2.75, 3.05) is 32.8 Å². The second-order valence-electron chi connectivity index (χ2n) is 5.55. The molecule has 1 atom stereocenters. The monoisotopic (exact) mass is 311 g/mol. The summed E-state index contributed by atoms with van der Waals surface area (Å²) in [6, 6.07) is 0.108. The van der Waals surface area contributed by atoms with Crippen LogP contribution in [0.1, 0.15) is 38.5 Å². The van der Waals surface area contributed by atoms with Crippen LogP contribution in [0.15, 0.2) is 12.7 Å². The molecule has 1 aliphatic heterocycles. The number of nitrogens with one attached hydrogen (secondary N) is 1. The van der Waals surface area contributed by atoms with Crippen LogP contribution < -0.4 is 11.1 Å². The Hall–Kier alpha value is -1.40.